The van der Waals surface area contributed by atoms with Crippen molar-refractivity contribution in [2.45, 2.75) is 43.9 Å². The predicted octanol–water partition coefficient (Wildman–Crippen LogP) is 2.77. The lowest BCUT2D eigenvalue weighted by molar-refractivity contribution is -0.905. The van der Waals surface area contributed by atoms with Crippen LogP contribution in [0.3, 0.4) is 0 Å². The van der Waals surface area contributed by atoms with E-state index in [4.69, 9.17) is 9.47 Å². The van der Waals surface area contributed by atoms with Gasteiger partial charge in [0, 0.05) is 23.9 Å². The summed E-state index contributed by atoms with van der Waals surface area (Å²) in [4.78, 5) is 12.8. The van der Waals surface area contributed by atoms with Gasteiger partial charge in [-0.15, -0.1) is 0 Å². The molecule has 2 aromatic carbocycles. The topological polar surface area (TPSA) is 129 Å². The molecule has 0 fully saturated rings. The van der Waals surface area contributed by atoms with Crippen LogP contribution in [0.2, 0.25) is 0 Å². The molecule has 0 aliphatic heterocycles. The van der Waals surface area contributed by atoms with Gasteiger partial charge in [0.2, 0.25) is 22.4 Å². The Morgan fingerprint density at radius 3 is 2.28 bits per heavy atom. The number of aliphatic hydroxyl groups excluding tert-OH is 1. The number of aliphatic hydroxyl groups is 1. The summed E-state index contributed by atoms with van der Waals surface area (Å²) < 4.78 is 39.6. The van der Waals surface area contributed by atoms with Crippen molar-refractivity contribution in [3.8, 4) is 5.75 Å². The molecule has 0 saturated heterocycles. The van der Waals surface area contributed by atoms with E-state index in [-0.39, 0.29) is 36.9 Å². The molecule has 0 aliphatic rings. The number of nitrogens with one attached hydrogen (secondary N) is 1. The molecule has 3 rings (SSSR count). The third-order valence-corrected chi connectivity index (χ3v) is 7.79. The Morgan fingerprint density at radius 1 is 1.00 bits per heavy atom. The number of amides is 1. The van der Waals surface area contributed by atoms with Crippen LogP contribution in [0.4, 0.5) is 4.79 Å². The Kier molecular flexibility index (Phi) is 10.7. The maximum atomic E-state index is 13.5. The average Bonchev–Trinajstić information content (AvgIpc) is 2.91. The largest absolute Gasteiger partial charge is 0.497 e. The van der Waals surface area contributed by atoms with Crippen LogP contribution in [0.1, 0.15) is 25.0 Å². The summed E-state index contributed by atoms with van der Waals surface area (Å²) in [5.74, 6) is 0.509. The zero-order chi connectivity index (χ0) is 28.4. The molecule has 10 nitrogen and oxygen atoms in total. The number of methoxy groups -OCH3 is 1. The standard InChI is InChI=1S/C28H35N3O7S/c1-21(2)17-31(39(35,36)25-13-11-24(37-3)12-14-25)19-27(32)26(16-22-8-5-4-6-9-22)29-28(33)38-20-23-10-7-15-30(34)18-23/h4-15,18,21,26-27,32H,16-17,19-20H2,1-3H3,(H-,29,33,34)/p+1/t26-,27+/m0/s1. The number of carbonyl (C=O) groups is 1. The second-order valence-corrected chi connectivity index (χ2v) is 11.5. The van der Waals surface area contributed by atoms with Crippen molar-refractivity contribution in [3.05, 3.63) is 90.3 Å². The summed E-state index contributed by atoms with van der Waals surface area (Å²) in [6.07, 6.45) is 1.05. The molecule has 0 spiro atoms. The van der Waals surface area contributed by atoms with E-state index >= 15 is 0 Å². The van der Waals surface area contributed by atoms with Crippen molar-refractivity contribution in [1.29, 1.82) is 0 Å². The van der Waals surface area contributed by atoms with Gasteiger partial charge in [-0.05, 0) is 48.2 Å². The fraction of sp³-hybridized carbons (Fsp3) is 0.357. The summed E-state index contributed by atoms with van der Waals surface area (Å²) in [6, 6.07) is 17.8. The van der Waals surface area contributed by atoms with Crippen LogP contribution in [0.15, 0.2) is 84.0 Å². The SMILES string of the molecule is COc1ccc(S(=O)(=O)N(CC(C)C)C[C@@H](O)[C@H](Cc2ccccc2)NC(=O)OCc2ccc[n+](O)c2)cc1. The van der Waals surface area contributed by atoms with Crippen molar-refractivity contribution < 1.29 is 37.7 Å². The van der Waals surface area contributed by atoms with Gasteiger partial charge < -0.3 is 19.9 Å². The lowest BCUT2D eigenvalue weighted by atomic mass is 10.0. The molecule has 39 heavy (non-hydrogen) atoms. The smallest absolute Gasteiger partial charge is 0.407 e. The van der Waals surface area contributed by atoms with Gasteiger partial charge in [0.05, 0.1) is 29.7 Å². The zero-order valence-corrected chi connectivity index (χ0v) is 23.1. The van der Waals surface area contributed by atoms with E-state index in [2.05, 4.69) is 5.32 Å². The molecule has 2 atom stereocenters. The molecule has 3 N–H and O–H groups in total. The minimum atomic E-state index is -3.95. The van der Waals surface area contributed by atoms with Crippen molar-refractivity contribution in [1.82, 2.24) is 9.62 Å². The zero-order valence-electron chi connectivity index (χ0n) is 22.3. The second-order valence-electron chi connectivity index (χ2n) is 9.57. The first-order chi connectivity index (χ1) is 18.6. The van der Waals surface area contributed by atoms with Gasteiger partial charge in [-0.3, -0.25) is 5.21 Å². The highest BCUT2D eigenvalue weighted by molar-refractivity contribution is 7.89. The van der Waals surface area contributed by atoms with Crippen LogP contribution < -0.4 is 14.8 Å². The molecule has 11 heteroatoms. The van der Waals surface area contributed by atoms with E-state index in [0.29, 0.717) is 11.3 Å². The summed E-state index contributed by atoms with van der Waals surface area (Å²) in [5.41, 5.74) is 1.41. The van der Waals surface area contributed by atoms with Crippen LogP contribution >= 0.6 is 0 Å². The average molecular weight is 559 g/mol. The Balaban J connectivity index is 1.79. The molecule has 0 radical (unpaired) electrons. The van der Waals surface area contributed by atoms with Gasteiger partial charge in [0.1, 0.15) is 12.4 Å². The summed E-state index contributed by atoms with van der Waals surface area (Å²) in [6.45, 7) is 3.60. The number of alkyl carbamates (subject to hydrolysis) is 1. The van der Waals surface area contributed by atoms with Crippen molar-refractivity contribution in [2.75, 3.05) is 20.2 Å². The number of rotatable bonds is 13. The van der Waals surface area contributed by atoms with Gasteiger partial charge in [-0.2, -0.15) is 4.31 Å². The first kappa shape index (κ1) is 29.9. The highest BCUT2D eigenvalue weighted by Gasteiger charge is 2.31. The number of benzene rings is 2. The van der Waals surface area contributed by atoms with Gasteiger partial charge >= 0.3 is 6.09 Å². The van der Waals surface area contributed by atoms with E-state index in [9.17, 15) is 23.5 Å². The van der Waals surface area contributed by atoms with Crippen LogP contribution in [0.5, 0.6) is 5.75 Å². The fourth-order valence-corrected chi connectivity index (χ4v) is 5.62. The minimum absolute atomic E-state index is 0.0177. The van der Waals surface area contributed by atoms with Crippen molar-refractivity contribution in [3.63, 3.8) is 0 Å². The molecule has 1 heterocycles. The number of pyridine rings is 1. The van der Waals surface area contributed by atoms with Gasteiger partial charge in [-0.25, -0.2) is 13.2 Å². The van der Waals surface area contributed by atoms with Crippen LogP contribution in [0.25, 0.3) is 0 Å². The normalized spacial score (nSPS) is 13.2. The van der Waals surface area contributed by atoms with E-state index in [1.54, 1.807) is 24.3 Å². The third-order valence-electron chi connectivity index (χ3n) is 5.94. The third kappa shape index (κ3) is 8.95. The number of carbonyl (C=O) groups excluding carboxylic acids is 1. The number of hydrogen-bond donors (Lipinski definition) is 3. The van der Waals surface area contributed by atoms with E-state index < -0.39 is 28.3 Å². The number of ether oxygens (including phenoxy) is 2. The molecule has 3 aromatic rings. The Labute approximate surface area is 229 Å². The van der Waals surface area contributed by atoms with Crippen molar-refractivity contribution in [2.24, 2.45) is 5.92 Å². The Bertz CT molecular complexity index is 1300. The minimum Gasteiger partial charge on any atom is -0.497 e. The monoisotopic (exact) mass is 558 g/mol. The molecular weight excluding hydrogens is 522 g/mol. The summed E-state index contributed by atoms with van der Waals surface area (Å²) in [7, 11) is -2.46. The quantitative estimate of drug-likeness (QED) is 0.217. The second kappa shape index (κ2) is 13.9. The number of aromatic nitrogens is 1. The van der Waals surface area contributed by atoms with Crippen LogP contribution in [0, 0.1) is 5.92 Å². The Hall–Kier alpha value is -3.67. The summed E-state index contributed by atoms with van der Waals surface area (Å²) in [5, 5.41) is 23.5. The number of hydrogen-bond acceptors (Lipinski definition) is 7. The van der Waals surface area contributed by atoms with E-state index in [0.717, 1.165) is 10.3 Å². The lowest BCUT2D eigenvalue weighted by Gasteiger charge is -2.30. The number of nitrogens with zero attached hydrogens (tertiary/aromatic N) is 2. The molecule has 0 saturated carbocycles. The molecule has 1 amide bonds. The molecule has 210 valence electrons. The van der Waals surface area contributed by atoms with Gasteiger partial charge in [0.15, 0.2) is 0 Å². The maximum absolute atomic E-state index is 13.5. The fourth-order valence-electron chi connectivity index (χ4n) is 4.00. The van der Waals surface area contributed by atoms with Crippen LogP contribution in [-0.4, -0.2) is 61.5 Å². The first-order valence-corrected chi connectivity index (χ1v) is 14.0. The highest BCUT2D eigenvalue weighted by atomic mass is 32.2. The molecule has 0 unspecified atom stereocenters. The molecular formula is C28H36N3O7S+. The number of sulfonamides is 1. The van der Waals surface area contributed by atoms with Gasteiger partial charge in [0.25, 0.3) is 0 Å². The lowest BCUT2D eigenvalue weighted by Crippen LogP contribution is -2.51. The highest BCUT2D eigenvalue weighted by Crippen LogP contribution is 2.21. The van der Waals surface area contributed by atoms with E-state index in [1.165, 1.54) is 35.9 Å². The van der Waals surface area contributed by atoms with E-state index in [1.807, 2.05) is 44.2 Å². The van der Waals surface area contributed by atoms with Crippen LogP contribution in [-0.2, 0) is 27.8 Å². The Morgan fingerprint density at radius 2 is 1.67 bits per heavy atom. The van der Waals surface area contributed by atoms with Gasteiger partial charge in [-0.1, -0.05) is 44.2 Å². The first-order valence-electron chi connectivity index (χ1n) is 12.6. The predicted molar refractivity (Wildman–Crippen MR) is 144 cm³/mol. The van der Waals surface area contributed by atoms with Crippen molar-refractivity contribution >= 4 is 16.1 Å². The summed E-state index contributed by atoms with van der Waals surface area (Å²) >= 11 is 0. The maximum Gasteiger partial charge on any atom is 0.407 e. The molecule has 1 aromatic heterocycles. The molecule has 0 bridgehead atoms. The molecule has 0 aliphatic carbocycles.